The van der Waals surface area contributed by atoms with E-state index in [4.69, 9.17) is 4.74 Å². The third-order valence-corrected chi connectivity index (χ3v) is 3.15. The highest BCUT2D eigenvalue weighted by molar-refractivity contribution is 5.47. The van der Waals surface area contributed by atoms with E-state index in [1.807, 2.05) is 12.3 Å². The molecule has 1 aliphatic rings. The van der Waals surface area contributed by atoms with Crippen LogP contribution in [0.15, 0.2) is 18.3 Å². The fourth-order valence-corrected chi connectivity index (χ4v) is 2.26. The van der Waals surface area contributed by atoms with Crippen LogP contribution in [0.25, 0.3) is 0 Å². The Balaban J connectivity index is 2.06. The molecule has 1 unspecified atom stereocenters. The Kier molecular flexibility index (Phi) is 4.96. The van der Waals surface area contributed by atoms with Gasteiger partial charge in [0.25, 0.3) is 0 Å². The molecule has 2 rings (SSSR count). The predicted molar refractivity (Wildman–Crippen MR) is 73.9 cm³/mol. The number of hydrogen-bond donors (Lipinski definition) is 1. The lowest BCUT2D eigenvalue weighted by Crippen LogP contribution is -2.42. The van der Waals surface area contributed by atoms with E-state index < -0.39 is 0 Å². The normalized spacial score (nSPS) is 20.1. The van der Waals surface area contributed by atoms with Crippen molar-refractivity contribution in [3.8, 4) is 0 Å². The molecule has 2 heterocycles. The summed E-state index contributed by atoms with van der Waals surface area (Å²) >= 11 is 0. The van der Waals surface area contributed by atoms with Gasteiger partial charge in [0.2, 0.25) is 0 Å². The first kappa shape index (κ1) is 13.3. The summed E-state index contributed by atoms with van der Waals surface area (Å²) in [6.07, 6.45) is 3.32. The minimum Gasteiger partial charge on any atom is -0.375 e. The number of hydrogen-bond acceptors (Lipinski definition) is 4. The highest BCUT2D eigenvalue weighted by atomic mass is 16.5. The summed E-state index contributed by atoms with van der Waals surface area (Å²) in [7, 11) is 0. The average Bonchev–Trinajstić information content (AvgIpc) is 2.40. The van der Waals surface area contributed by atoms with Crippen LogP contribution in [-0.2, 0) is 11.3 Å². The van der Waals surface area contributed by atoms with Gasteiger partial charge in [-0.15, -0.1) is 0 Å². The summed E-state index contributed by atoms with van der Waals surface area (Å²) in [4.78, 5) is 6.88. The number of morpholine rings is 1. The van der Waals surface area contributed by atoms with Crippen LogP contribution in [0.1, 0.15) is 25.8 Å². The summed E-state index contributed by atoms with van der Waals surface area (Å²) in [5.74, 6) is 1.11. The third-order valence-electron chi connectivity index (χ3n) is 3.15. The molecule has 0 amide bonds. The summed E-state index contributed by atoms with van der Waals surface area (Å²) in [5.41, 5.74) is 1.28. The Morgan fingerprint density at radius 2 is 2.44 bits per heavy atom. The molecule has 1 saturated heterocycles. The van der Waals surface area contributed by atoms with E-state index in [1.54, 1.807) is 0 Å². The van der Waals surface area contributed by atoms with Crippen molar-refractivity contribution in [2.45, 2.75) is 32.9 Å². The molecule has 1 aliphatic heterocycles. The predicted octanol–water partition coefficient (Wildman–Crippen LogP) is 1.81. The zero-order valence-electron chi connectivity index (χ0n) is 11.4. The quantitative estimate of drug-likeness (QED) is 0.808. The van der Waals surface area contributed by atoms with E-state index in [1.165, 1.54) is 5.56 Å². The Morgan fingerprint density at radius 3 is 3.22 bits per heavy atom. The van der Waals surface area contributed by atoms with Gasteiger partial charge in [-0.3, -0.25) is 0 Å². The maximum Gasteiger partial charge on any atom is 0.133 e. The van der Waals surface area contributed by atoms with Crippen molar-refractivity contribution in [3.63, 3.8) is 0 Å². The van der Waals surface area contributed by atoms with Gasteiger partial charge in [-0.1, -0.05) is 13.0 Å². The van der Waals surface area contributed by atoms with E-state index in [0.717, 1.165) is 45.0 Å². The Morgan fingerprint density at radius 1 is 1.56 bits per heavy atom. The van der Waals surface area contributed by atoms with Gasteiger partial charge in [0.05, 0.1) is 12.7 Å². The standard InChI is InChI=1S/C14H23N3O/c1-3-6-15-10-13-5-4-7-16-14(13)17-8-9-18-12(2)11-17/h4-5,7,12,15H,3,6,8-11H2,1-2H3. The second kappa shape index (κ2) is 6.71. The summed E-state index contributed by atoms with van der Waals surface area (Å²) in [6, 6.07) is 4.17. The van der Waals surface area contributed by atoms with E-state index >= 15 is 0 Å². The molecule has 0 spiro atoms. The number of anilines is 1. The molecular weight excluding hydrogens is 226 g/mol. The van der Waals surface area contributed by atoms with Crippen LogP contribution in [0.2, 0.25) is 0 Å². The first-order valence-electron chi connectivity index (χ1n) is 6.82. The molecule has 1 aromatic heterocycles. The van der Waals surface area contributed by atoms with Crippen molar-refractivity contribution >= 4 is 5.82 Å². The third kappa shape index (κ3) is 3.43. The van der Waals surface area contributed by atoms with E-state index in [-0.39, 0.29) is 6.10 Å². The van der Waals surface area contributed by atoms with Gasteiger partial charge in [-0.05, 0) is 26.0 Å². The number of aromatic nitrogens is 1. The molecule has 18 heavy (non-hydrogen) atoms. The van der Waals surface area contributed by atoms with Gasteiger partial charge in [0.15, 0.2) is 0 Å². The number of nitrogens with one attached hydrogen (secondary N) is 1. The molecule has 0 saturated carbocycles. The molecule has 1 fully saturated rings. The number of nitrogens with zero attached hydrogens (tertiary/aromatic N) is 2. The van der Waals surface area contributed by atoms with E-state index in [9.17, 15) is 0 Å². The highest BCUT2D eigenvalue weighted by Crippen LogP contribution is 2.19. The molecule has 4 nitrogen and oxygen atoms in total. The smallest absolute Gasteiger partial charge is 0.133 e. The van der Waals surface area contributed by atoms with Crippen molar-refractivity contribution in [1.82, 2.24) is 10.3 Å². The van der Waals surface area contributed by atoms with Crippen LogP contribution >= 0.6 is 0 Å². The lowest BCUT2D eigenvalue weighted by Gasteiger charge is -2.33. The zero-order valence-corrected chi connectivity index (χ0v) is 11.4. The molecule has 1 N–H and O–H groups in total. The highest BCUT2D eigenvalue weighted by Gasteiger charge is 2.19. The number of pyridine rings is 1. The monoisotopic (exact) mass is 249 g/mol. The minimum absolute atomic E-state index is 0.289. The van der Waals surface area contributed by atoms with Crippen LogP contribution in [0, 0.1) is 0 Å². The van der Waals surface area contributed by atoms with Crippen LogP contribution in [0.4, 0.5) is 5.82 Å². The number of rotatable bonds is 5. The largest absolute Gasteiger partial charge is 0.375 e. The zero-order chi connectivity index (χ0) is 12.8. The van der Waals surface area contributed by atoms with Crippen LogP contribution in [0.5, 0.6) is 0 Å². The first-order valence-corrected chi connectivity index (χ1v) is 6.82. The van der Waals surface area contributed by atoms with Gasteiger partial charge < -0.3 is 15.0 Å². The molecule has 1 aromatic rings. The molecule has 0 aromatic carbocycles. The van der Waals surface area contributed by atoms with Crippen molar-refractivity contribution in [1.29, 1.82) is 0 Å². The Hall–Kier alpha value is -1.13. The van der Waals surface area contributed by atoms with Crippen LogP contribution in [0.3, 0.4) is 0 Å². The van der Waals surface area contributed by atoms with E-state index in [2.05, 4.69) is 35.1 Å². The van der Waals surface area contributed by atoms with Crippen molar-refractivity contribution in [2.24, 2.45) is 0 Å². The molecule has 0 aliphatic carbocycles. The van der Waals surface area contributed by atoms with Gasteiger partial charge in [0, 0.05) is 31.4 Å². The lowest BCUT2D eigenvalue weighted by molar-refractivity contribution is 0.0529. The summed E-state index contributed by atoms with van der Waals surface area (Å²) < 4.78 is 5.58. The fourth-order valence-electron chi connectivity index (χ4n) is 2.26. The molecular formula is C14H23N3O. The second-order valence-electron chi connectivity index (χ2n) is 4.79. The van der Waals surface area contributed by atoms with E-state index in [0.29, 0.717) is 0 Å². The van der Waals surface area contributed by atoms with Gasteiger partial charge >= 0.3 is 0 Å². The summed E-state index contributed by atoms with van der Waals surface area (Å²) in [6.45, 7) is 8.89. The maximum atomic E-state index is 5.58. The number of ether oxygens (including phenoxy) is 1. The van der Waals surface area contributed by atoms with Crippen LogP contribution in [-0.4, -0.2) is 37.3 Å². The SMILES string of the molecule is CCCNCc1cccnc1N1CCOC(C)C1. The Bertz CT molecular complexity index is 370. The van der Waals surface area contributed by atoms with Crippen molar-refractivity contribution in [2.75, 3.05) is 31.1 Å². The van der Waals surface area contributed by atoms with Crippen molar-refractivity contribution < 1.29 is 4.74 Å². The second-order valence-corrected chi connectivity index (χ2v) is 4.79. The van der Waals surface area contributed by atoms with Gasteiger partial charge in [0.1, 0.15) is 5.82 Å². The minimum atomic E-state index is 0.289. The molecule has 0 radical (unpaired) electrons. The molecule has 100 valence electrons. The van der Waals surface area contributed by atoms with Gasteiger partial charge in [-0.2, -0.15) is 0 Å². The van der Waals surface area contributed by atoms with Crippen molar-refractivity contribution in [3.05, 3.63) is 23.9 Å². The first-order chi connectivity index (χ1) is 8.81. The average molecular weight is 249 g/mol. The fraction of sp³-hybridized carbons (Fsp3) is 0.643. The maximum absolute atomic E-state index is 5.58. The molecule has 1 atom stereocenters. The molecule has 0 bridgehead atoms. The lowest BCUT2D eigenvalue weighted by atomic mass is 10.2. The topological polar surface area (TPSA) is 37.4 Å². The summed E-state index contributed by atoms with van der Waals surface area (Å²) in [5, 5.41) is 3.44. The van der Waals surface area contributed by atoms with Gasteiger partial charge in [-0.25, -0.2) is 4.98 Å². The van der Waals surface area contributed by atoms with Crippen LogP contribution < -0.4 is 10.2 Å². The molecule has 4 heteroatoms. The Labute approximate surface area is 109 Å².